The quantitative estimate of drug-likeness (QED) is 0.543. The van der Waals surface area contributed by atoms with Crippen LogP contribution in [-0.4, -0.2) is 16.6 Å². The first-order valence-electron chi connectivity index (χ1n) is 9.04. The van der Waals surface area contributed by atoms with Gasteiger partial charge in [0.05, 0.1) is 12.3 Å². The van der Waals surface area contributed by atoms with E-state index in [2.05, 4.69) is 46.6 Å². The third kappa shape index (κ3) is 4.47. The Hall–Kier alpha value is -3.28. The van der Waals surface area contributed by atoms with Crippen molar-refractivity contribution in [3.63, 3.8) is 0 Å². The highest BCUT2D eigenvalue weighted by atomic mass is 16.5. The van der Waals surface area contributed by atoms with E-state index in [1.165, 1.54) is 11.9 Å². The van der Waals surface area contributed by atoms with E-state index in [1.54, 1.807) is 0 Å². The molecule has 0 aliphatic rings. The second-order valence-electron chi connectivity index (χ2n) is 6.44. The summed E-state index contributed by atoms with van der Waals surface area (Å²) in [6, 6.07) is 15.9. The van der Waals surface area contributed by atoms with E-state index in [9.17, 15) is 0 Å². The lowest BCUT2D eigenvalue weighted by Crippen LogP contribution is -2.06. The van der Waals surface area contributed by atoms with E-state index in [0.29, 0.717) is 29.8 Å². The number of nitrogens with one attached hydrogen (secondary N) is 2. The van der Waals surface area contributed by atoms with Gasteiger partial charge in [-0.2, -0.15) is 0 Å². The van der Waals surface area contributed by atoms with Crippen molar-refractivity contribution in [3.8, 4) is 5.75 Å². The number of aromatic nitrogens is 2. The molecule has 0 spiro atoms. The number of nitrogens with zero attached hydrogens (tertiary/aromatic N) is 2. The van der Waals surface area contributed by atoms with Gasteiger partial charge in [-0.05, 0) is 42.7 Å². The van der Waals surface area contributed by atoms with E-state index in [0.717, 1.165) is 17.1 Å². The lowest BCUT2D eigenvalue weighted by molar-refractivity contribution is 0.342. The fraction of sp³-hybridized carbons (Fsp3) is 0.238. The molecule has 2 aromatic carbocycles. The number of nitrogen functional groups attached to an aromatic ring is 1. The first-order valence-corrected chi connectivity index (χ1v) is 9.04. The Labute approximate surface area is 159 Å². The Kier molecular flexibility index (Phi) is 5.76. The topological polar surface area (TPSA) is 85.1 Å². The van der Waals surface area contributed by atoms with Gasteiger partial charge >= 0.3 is 0 Å². The van der Waals surface area contributed by atoms with Crippen LogP contribution in [0.2, 0.25) is 0 Å². The van der Waals surface area contributed by atoms with Gasteiger partial charge in [0.25, 0.3) is 0 Å². The summed E-state index contributed by atoms with van der Waals surface area (Å²) < 4.78 is 5.64. The minimum atomic E-state index is 0.441. The van der Waals surface area contributed by atoms with Crippen LogP contribution in [-0.2, 0) is 0 Å². The van der Waals surface area contributed by atoms with E-state index in [-0.39, 0.29) is 0 Å². The van der Waals surface area contributed by atoms with Gasteiger partial charge in [-0.1, -0.05) is 38.1 Å². The number of ether oxygens (including phenoxy) is 1. The molecule has 0 radical (unpaired) electrons. The molecule has 1 aromatic heterocycles. The molecule has 1 heterocycles. The van der Waals surface area contributed by atoms with Crippen LogP contribution < -0.4 is 21.1 Å². The molecule has 140 valence electrons. The van der Waals surface area contributed by atoms with E-state index in [4.69, 9.17) is 10.5 Å². The van der Waals surface area contributed by atoms with Gasteiger partial charge in [-0.25, -0.2) is 9.97 Å². The Balaban J connectivity index is 1.82. The van der Waals surface area contributed by atoms with Crippen molar-refractivity contribution in [2.45, 2.75) is 26.7 Å². The minimum absolute atomic E-state index is 0.441. The maximum Gasteiger partial charge on any atom is 0.159 e. The maximum absolute atomic E-state index is 6.29. The Morgan fingerprint density at radius 2 is 1.63 bits per heavy atom. The third-order valence-electron chi connectivity index (χ3n) is 4.16. The molecule has 0 amide bonds. The highest BCUT2D eigenvalue weighted by Gasteiger charge is 2.11. The van der Waals surface area contributed by atoms with Crippen LogP contribution in [0.1, 0.15) is 32.3 Å². The van der Waals surface area contributed by atoms with Gasteiger partial charge in [0.15, 0.2) is 11.6 Å². The first kappa shape index (κ1) is 18.5. The molecular formula is C21H25N5O. The van der Waals surface area contributed by atoms with Crippen molar-refractivity contribution in [2.24, 2.45) is 0 Å². The monoisotopic (exact) mass is 363 g/mol. The Morgan fingerprint density at radius 3 is 2.30 bits per heavy atom. The SMILES string of the molecule is CCOc1ccccc1Nc1ncnc(Nc2ccc(C(C)C)cc2)c1N. The van der Waals surface area contributed by atoms with Gasteiger partial charge in [0, 0.05) is 5.69 Å². The number of rotatable bonds is 7. The summed E-state index contributed by atoms with van der Waals surface area (Å²) in [4.78, 5) is 8.55. The summed E-state index contributed by atoms with van der Waals surface area (Å²) in [6.07, 6.45) is 1.48. The lowest BCUT2D eigenvalue weighted by atomic mass is 10.0. The summed E-state index contributed by atoms with van der Waals surface area (Å²) >= 11 is 0. The van der Waals surface area contributed by atoms with E-state index in [1.807, 2.05) is 43.3 Å². The number of anilines is 5. The van der Waals surface area contributed by atoms with Crippen molar-refractivity contribution in [3.05, 3.63) is 60.4 Å². The molecule has 3 aromatic rings. The molecule has 0 bridgehead atoms. The Bertz CT molecular complexity index is 893. The van der Waals surface area contributed by atoms with E-state index >= 15 is 0 Å². The Morgan fingerprint density at radius 1 is 0.963 bits per heavy atom. The van der Waals surface area contributed by atoms with E-state index < -0.39 is 0 Å². The molecule has 0 unspecified atom stereocenters. The van der Waals surface area contributed by atoms with Crippen molar-refractivity contribution in [2.75, 3.05) is 23.0 Å². The highest BCUT2D eigenvalue weighted by molar-refractivity contribution is 5.81. The smallest absolute Gasteiger partial charge is 0.159 e. The second kappa shape index (κ2) is 8.40. The van der Waals surface area contributed by atoms with Crippen LogP contribution in [0.25, 0.3) is 0 Å². The van der Waals surface area contributed by atoms with Crippen LogP contribution in [0.3, 0.4) is 0 Å². The molecule has 0 saturated heterocycles. The molecular weight excluding hydrogens is 338 g/mol. The highest BCUT2D eigenvalue weighted by Crippen LogP contribution is 2.32. The molecule has 0 aliphatic heterocycles. The zero-order chi connectivity index (χ0) is 19.2. The number of hydrogen-bond donors (Lipinski definition) is 3. The number of benzene rings is 2. The average molecular weight is 363 g/mol. The van der Waals surface area contributed by atoms with Crippen molar-refractivity contribution in [1.29, 1.82) is 0 Å². The average Bonchev–Trinajstić information content (AvgIpc) is 2.67. The van der Waals surface area contributed by atoms with Gasteiger partial charge in [-0.3, -0.25) is 0 Å². The number of nitrogens with two attached hydrogens (primary N) is 1. The van der Waals surface area contributed by atoms with Crippen LogP contribution in [0.5, 0.6) is 5.75 Å². The van der Waals surface area contributed by atoms with Gasteiger partial charge in [0.2, 0.25) is 0 Å². The fourth-order valence-corrected chi connectivity index (χ4v) is 2.66. The molecule has 0 saturated carbocycles. The zero-order valence-electron chi connectivity index (χ0n) is 15.9. The summed E-state index contributed by atoms with van der Waals surface area (Å²) in [5.74, 6) is 2.32. The van der Waals surface area contributed by atoms with Crippen LogP contribution in [0.4, 0.5) is 28.7 Å². The van der Waals surface area contributed by atoms with Crippen molar-refractivity contribution < 1.29 is 4.74 Å². The van der Waals surface area contributed by atoms with Gasteiger partial charge < -0.3 is 21.1 Å². The number of para-hydroxylation sites is 2. The molecule has 27 heavy (non-hydrogen) atoms. The predicted molar refractivity (Wildman–Crippen MR) is 111 cm³/mol. The standard InChI is InChI=1S/C21H25N5O/c1-4-27-18-8-6-5-7-17(18)26-21-19(22)20(23-13-24-21)25-16-11-9-15(10-12-16)14(2)3/h5-14H,4,22H2,1-3H3,(H2,23,24,25,26). The first-order chi connectivity index (χ1) is 13.1. The maximum atomic E-state index is 6.29. The fourth-order valence-electron chi connectivity index (χ4n) is 2.66. The van der Waals surface area contributed by atoms with Crippen LogP contribution in [0.15, 0.2) is 54.9 Å². The van der Waals surface area contributed by atoms with Crippen molar-refractivity contribution in [1.82, 2.24) is 9.97 Å². The molecule has 6 heteroatoms. The number of hydrogen-bond acceptors (Lipinski definition) is 6. The summed E-state index contributed by atoms with van der Waals surface area (Å²) in [5, 5.41) is 6.49. The second-order valence-corrected chi connectivity index (χ2v) is 6.44. The summed E-state index contributed by atoms with van der Waals surface area (Å²) in [7, 11) is 0. The van der Waals surface area contributed by atoms with Gasteiger partial charge in [-0.15, -0.1) is 0 Å². The molecule has 3 rings (SSSR count). The molecule has 0 atom stereocenters. The molecule has 4 N–H and O–H groups in total. The van der Waals surface area contributed by atoms with Crippen LogP contribution in [0, 0.1) is 0 Å². The largest absolute Gasteiger partial charge is 0.492 e. The third-order valence-corrected chi connectivity index (χ3v) is 4.16. The van der Waals surface area contributed by atoms with Gasteiger partial charge in [0.1, 0.15) is 17.8 Å². The molecule has 0 aliphatic carbocycles. The lowest BCUT2D eigenvalue weighted by Gasteiger charge is -2.15. The van der Waals surface area contributed by atoms with Crippen molar-refractivity contribution >= 4 is 28.7 Å². The molecule has 0 fully saturated rings. The summed E-state index contributed by atoms with van der Waals surface area (Å²) in [5.41, 5.74) is 9.74. The molecule has 6 nitrogen and oxygen atoms in total. The summed E-state index contributed by atoms with van der Waals surface area (Å²) in [6.45, 7) is 6.87. The zero-order valence-corrected chi connectivity index (χ0v) is 15.9. The minimum Gasteiger partial charge on any atom is -0.492 e. The predicted octanol–water partition coefficient (Wildman–Crippen LogP) is 5.07. The normalized spacial score (nSPS) is 10.7. The van der Waals surface area contributed by atoms with Crippen LogP contribution >= 0.6 is 0 Å².